The van der Waals surface area contributed by atoms with Gasteiger partial charge in [0.2, 0.25) is 5.60 Å². The standard InChI is InChI=1S/C18H23N3O5/c19-16(20)12-3-5-13(6-4-12)18(17(24)25,15(23)2-1-11-22)26-14-7-9-21-10-8-14/h3-6,11,14,21H,1-2,7-10H2,(H3,19,20)(H,24,25). The zero-order valence-electron chi connectivity index (χ0n) is 14.4. The minimum absolute atomic E-state index is 0.0744. The van der Waals surface area contributed by atoms with Gasteiger partial charge < -0.3 is 25.7 Å². The maximum atomic E-state index is 12.8. The Balaban J connectivity index is 2.45. The molecule has 140 valence electrons. The Morgan fingerprint density at radius 3 is 2.42 bits per heavy atom. The van der Waals surface area contributed by atoms with Crippen molar-refractivity contribution in [1.82, 2.24) is 5.32 Å². The van der Waals surface area contributed by atoms with Crippen molar-refractivity contribution in [3.63, 3.8) is 0 Å². The van der Waals surface area contributed by atoms with Crippen molar-refractivity contribution < 1.29 is 24.2 Å². The fourth-order valence-electron chi connectivity index (χ4n) is 3.00. The number of carbonyl (C=O) groups excluding carboxylic acids is 2. The van der Waals surface area contributed by atoms with Crippen LogP contribution in [0.1, 0.15) is 36.8 Å². The second-order valence-electron chi connectivity index (χ2n) is 6.17. The van der Waals surface area contributed by atoms with Gasteiger partial charge in [-0.25, -0.2) is 4.79 Å². The van der Waals surface area contributed by atoms with Crippen molar-refractivity contribution in [2.75, 3.05) is 13.1 Å². The largest absolute Gasteiger partial charge is 0.478 e. The number of aldehydes is 1. The normalized spacial score (nSPS) is 17.2. The van der Waals surface area contributed by atoms with Crippen molar-refractivity contribution in [3.8, 4) is 0 Å². The highest BCUT2D eigenvalue weighted by molar-refractivity contribution is 6.08. The molecule has 1 aromatic carbocycles. The highest BCUT2D eigenvalue weighted by atomic mass is 16.5. The van der Waals surface area contributed by atoms with Gasteiger partial charge in [0, 0.05) is 24.0 Å². The number of piperidine rings is 1. The van der Waals surface area contributed by atoms with Crippen LogP contribution in [0.3, 0.4) is 0 Å². The van der Waals surface area contributed by atoms with E-state index in [-0.39, 0.29) is 30.3 Å². The van der Waals surface area contributed by atoms with Crippen LogP contribution in [0.5, 0.6) is 0 Å². The molecule has 0 bridgehead atoms. The molecule has 1 aliphatic rings. The van der Waals surface area contributed by atoms with Gasteiger partial charge in [-0.1, -0.05) is 24.3 Å². The van der Waals surface area contributed by atoms with Crippen molar-refractivity contribution in [2.45, 2.75) is 37.4 Å². The van der Waals surface area contributed by atoms with E-state index in [1.54, 1.807) is 0 Å². The van der Waals surface area contributed by atoms with E-state index >= 15 is 0 Å². The highest BCUT2D eigenvalue weighted by Crippen LogP contribution is 2.33. The molecule has 0 aliphatic carbocycles. The molecule has 0 radical (unpaired) electrons. The molecular formula is C18H23N3O5. The molecule has 26 heavy (non-hydrogen) atoms. The molecule has 1 heterocycles. The first-order valence-electron chi connectivity index (χ1n) is 8.45. The van der Waals surface area contributed by atoms with Crippen LogP contribution in [0.15, 0.2) is 24.3 Å². The molecule has 0 amide bonds. The van der Waals surface area contributed by atoms with Gasteiger partial charge in [0.25, 0.3) is 0 Å². The maximum absolute atomic E-state index is 12.8. The van der Waals surface area contributed by atoms with Crippen molar-refractivity contribution in [2.24, 2.45) is 5.73 Å². The van der Waals surface area contributed by atoms with Crippen LogP contribution in [0, 0.1) is 5.41 Å². The second-order valence-corrected chi connectivity index (χ2v) is 6.17. The second kappa shape index (κ2) is 8.68. The van der Waals surface area contributed by atoms with E-state index in [1.807, 2.05) is 0 Å². The number of hydrogen-bond acceptors (Lipinski definition) is 6. The predicted molar refractivity (Wildman–Crippen MR) is 94.1 cm³/mol. The van der Waals surface area contributed by atoms with Crippen molar-refractivity contribution >= 4 is 23.9 Å². The van der Waals surface area contributed by atoms with Crippen LogP contribution < -0.4 is 11.1 Å². The number of hydrogen-bond donors (Lipinski definition) is 4. The number of nitrogens with two attached hydrogens (primary N) is 1. The average Bonchev–Trinajstić information content (AvgIpc) is 2.64. The van der Waals surface area contributed by atoms with Crippen LogP contribution in [0.4, 0.5) is 0 Å². The third-order valence-corrected chi connectivity index (χ3v) is 4.42. The molecule has 5 N–H and O–H groups in total. The third-order valence-electron chi connectivity index (χ3n) is 4.42. The minimum Gasteiger partial charge on any atom is -0.478 e. The number of ketones is 1. The van der Waals surface area contributed by atoms with Crippen LogP contribution in [0.25, 0.3) is 0 Å². The Morgan fingerprint density at radius 2 is 1.92 bits per heavy atom. The summed E-state index contributed by atoms with van der Waals surface area (Å²) < 4.78 is 5.90. The number of Topliss-reactive ketones (excluding diaryl/α,β-unsaturated/α-hetero) is 1. The Hall–Kier alpha value is -2.58. The number of ether oxygens (including phenoxy) is 1. The molecule has 1 saturated heterocycles. The first-order valence-corrected chi connectivity index (χ1v) is 8.45. The molecule has 8 nitrogen and oxygen atoms in total. The lowest BCUT2D eigenvalue weighted by molar-refractivity contribution is -0.184. The zero-order chi connectivity index (χ0) is 19.2. The summed E-state index contributed by atoms with van der Waals surface area (Å²) in [5.74, 6) is -2.25. The molecule has 0 aromatic heterocycles. The van der Waals surface area contributed by atoms with E-state index in [0.717, 1.165) is 0 Å². The van der Waals surface area contributed by atoms with E-state index in [1.165, 1.54) is 24.3 Å². The quantitative estimate of drug-likeness (QED) is 0.218. The number of benzene rings is 1. The summed E-state index contributed by atoms with van der Waals surface area (Å²) in [5.41, 5.74) is 3.82. The summed E-state index contributed by atoms with van der Waals surface area (Å²) in [6, 6.07) is 5.83. The first kappa shape index (κ1) is 19.7. The molecule has 1 unspecified atom stereocenters. The van der Waals surface area contributed by atoms with Crippen molar-refractivity contribution in [3.05, 3.63) is 35.4 Å². The van der Waals surface area contributed by atoms with Gasteiger partial charge in [-0.15, -0.1) is 0 Å². The molecule has 0 saturated carbocycles. The average molecular weight is 361 g/mol. The van der Waals surface area contributed by atoms with E-state index < -0.39 is 17.4 Å². The number of nitrogens with one attached hydrogen (secondary N) is 2. The highest BCUT2D eigenvalue weighted by Gasteiger charge is 2.50. The fraction of sp³-hybridized carbons (Fsp3) is 0.444. The number of rotatable bonds is 9. The number of carbonyl (C=O) groups is 3. The summed E-state index contributed by atoms with van der Waals surface area (Å²) in [6.45, 7) is 1.35. The van der Waals surface area contributed by atoms with Gasteiger partial charge in [-0.05, 0) is 25.9 Å². The smallest absolute Gasteiger partial charge is 0.348 e. The summed E-state index contributed by atoms with van der Waals surface area (Å²) in [4.78, 5) is 35.7. The Morgan fingerprint density at radius 1 is 1.31 bits per heavy atom. The fourth-order valence-corrected chi connectivity index (χ4v) is 3.00. The summed E-state index contributed by atoms with van der Waals surface area (Å²) in [7, 11) is 0. The Bertz CT molecular complexity index is 683. The molecule has 1 atom stereocenters. The van der Waals surface area contributed by atoms with E-state index in [9.17, 15) is 19.5 Å². The lowest BCUT2D eigenvalue weighted by Crippen LogP contribution is -2.50. The Labute approximate surface area is 151 Å². The van der Waals surface area contributed by atoms with Gasteiger partial charge >= 0.3 is 5.97 Å². The molecule has 1 aromatic rings. The molecule has 0 spiro atoms. The maximum Gasteiger partial charge on any atom is 0.348 e. The Kier molecular flexibility index (Phi) is 6.59. The number of carboxylic acid groups (broad SMARTS) is 1. The van der Waals surface area contributed by atoms with Gasteiger partial charge in [0.15, 0.2) is 5.78 Å². The zero-order valence-corrected chi connectivity index (χ0v) is 14.4. The number of amidine groups is 1. The van der Waals surface area contributed by atoms with E-state index in [2.05, 4.69) is 5.32 Å². The van der Waals surface area contributed by atoms with Crippen molar-refractivity contribution in [1.29, 1.82) is 5.41 Å². The predicted octanol–water partition coefficient (Wildman–Crippen LogP) is 0.567. The number of carboxylic acids is 1. The van der Waals surface area contributed by atoms with Gasteiger partial charge in [0.05, 0.1) is 6.10 Å². The van der Waals surface area contributed by atoms with E-state index in [0.29, 0.717) is 37.8 Å². The molecule has 1 fully saturated rings. The third kappa shape index (κ3) is 4.14. The van der Waals surface area contributed by atoms with Gasteiger partial charge in [0.1, 0.15) is 12.1 Å². The SMILES string of the molecule is N=C(N)c1ccc(C(OC2CCNCC2)(C(=O)O)C(=O)CCC=O)cc1. The summed E-state index contributed by atoms with van der Waals surface area (Å²) in [6.07, 6.45) is 1.06. The first-order chi connectivity index (χ1) is 12.4. The molecule has 1 aliphatic heterocycles. The number of aliphatic carboxylic acids is 1. The summed E-state index contributed by atoms with van der Waals surface area (Å²) >= 11 is 0. The van der Waals surface area contributed by atoms with Crippen LogP contribution in [-0.2, 0) is 24.7 Å². The monoisotopic (exact) mass is 361 g/mol. The molecular weight excluding hydrogens is 338 g/mol. The topological polar surface area (TPSA) is 143 Å². The molecule has 8 heteroatoms. The van der Waals surface area contributed by atoms with Gasteiger partial charge in [-0.3, -0.25) is 10.2 Å². The lowest BCUT2D eigenvalue weighted by atomic mass is 9.85. The van der Waals surface area contributed by atoms with Crippen LogP contribution in [0.2, 0.25) is 0 Å². The molecule has 2 rings (SSSR count). The summed E-state index contributed by atoms with van der Waals surface area (Å²) in [5, 5.41) is 20.5. The minimum atomic E-state index is -2.18. The van der Waals surface area contributed by atoms with Gasteiger partial charge in [-0.2, -0.15) is 0 Å². The lowest BCUT2D eigenvalue weighted by Gasteiger charge is -2.34. The number of nitrogen functional groups attached to an aromatic ring is 1. The van der Waals surface area contributed by atoms with E-state index in [4.69, 9.17) is 15.9 Å². The van der Waals surface area contributed by atoms with Crippen LogP contribution in [-0.4, -0.2) is 48.2 Å². The van der Waals surface area contributed by atoms with Crippen LogP contribution >= 0.6 is 0 Å².